The van der Waals surface area contributed by atoms with E-state index in [9.17, 15) is 14.7 Å². The maximum Gasteiger partial charge on any atom is 0.217 e. The van der Waals surface area contributed by atoms with Crippen molar-refractivity contribution in [2.75, 3.05) is 0 Å². The van der Waals surface area contributed by atoms with E-state index in [0.29, 0.717) is 5.02 Å². The van der Waals surface area contributed by atoms with Gasteiger partial charge in [0.25, 0.3) is 0 Å². The van der Waals surface area contributed by atoms with E-state index in [1.165, 1.54) is 6.92 Å². The maximum absolute atomic E-state index is 10.8. The second-order valence-corrected chi connectivity index (χ2v) is 3.84. The summed E-state index contributed by atoms with van der Waals surface area (Å²) in [5.41, 5.74) is 0.771. The van der Waals surface area contributed by atoms with Crippen LogP contribution in [0.5, 0.6) is 0 Å². The van der Waals surface area contributed by atoms with E-state index < -0.39 is 17.9 Å². The summed E-state index contributed by atoms with van der Waals surface area (Å²) in [7, 11) is 0. The van der Waals surface area contributed by atoms with Crippen LogP contribution in [-0.2, 0) is 16.0 Å². The molecule has 16 heavy (non-hydrogen) atoms. The zero-order valence-electron chi connectivity index (χ0n) is 8.70. The molecule has 0 aliphatic heterocycles. The van der Waals surface area contributed by atoms with Gasteiger partial charge in [0.1, 0.15) is 0 Å². The summed E-state index contributed by atoms with van der Waals surface area (Å²) in [5, 5.41) is 13.6. The normalized spacial score (nSPS) is 11.9. The Morgan fingerprint density at radius 1 is 1.38 bits per heavy atom. The van der Waals surface area contributed by atoms with Gasteiger partial charge in [-0.2, -0.15) is 0 Å². The third kappa shape index (κ3) is 3.90. The van der Waals surface area contributed by atoms with Gasteiger partial charge in [0, 0.05) is 11.9 Å². The summed E-state index contributed by atoms with van der Waals surface area (Å²) in [6.45, 7) is 1.26. The lowest BCUT2D eigenvalue weighted by Crippen LogP contribution is -2.48. The minimum Gasteiger partial charge on any atom is -0.548 e. The van der Waals surface area contributed by atoms with Crippen molar-refractivity contribution in [3.05, 3.63) is 34.9 Å². The number of amides is 1. The van der Waals surface area contributed by atoms with Gasteiger partial charge in [0.15, 0.2) is 0 Å². The zero-order valence-corrected chi connectivity index (χ0v) is 9.45. The molecular weight excluding hydrogens is 230 g/mol. The molecule has 0 heterocycles. The Hall–Kier alpha value is -1.55. The topological polar surface area (TPSA) is 69.2 Å². The number of halogens is 1. The van der Waals surface area contributed by atoms with Crippen LogP contribution in [0.25, 0.3) is 0 Å². The van der Waals surface area contributed by atoms with E-state index in [-0.39, 0.29) is 6.42 Å². The molecule has 1 aromatic rings. The molecule has 0 saturated heterocycles. The van der Waals surface area contributed by atoms with Crippen molar-refractivity contribution in [3.8, 4) is 0 Å². The number of rotatable bonds is 4. The molecule has 0 aliphatic carbocycles. The molecule has 0 fully saturated rings. The lowest BCUT2D eigenvalue weighted by Gasteiger charge is -2.18. The number of carboxylic acids is 1. The highest BCUT2D eigenvalue weighted by molar-refractivity contribution is 6.30. The van der Waals surface area contributed by atoms with E-state index in [2.05, 4.69) is 5.32 Å². The minimum atomic E-state index is -1.30. The molecule has 4 nitrogen and oxygen atoms in total. The van der Waals surface area contributed by atoms with E-state index >= 15 is 0 Å². The first-order chi connectivity index (χ1) is 7.49. The molecule has 0 saturated carbocycles. The molecule has 1 N–H and O–H groups in total. The summed E-state index contributed by atoms with van der Waals surface area (Å²) in [5.74, 6) is -1.70. The molecule has 0 aliphatic rings. The van der Waals surface area contributed by atoms with Gasteiger partial charge in [-0.1, -0.05) is 23.7 Å². The highest BCUT2D eigenvalue weighted by Gasteiger charge is 2.11. The van der Waals surface area contributed by atoms with Crippen molar-refractivity contribution in [1.82, 2.24) is 5.32 Å². The van der Waals surface area contributed by atoms with Crippen molar-refractivity contribution in [1.29, 1.82) is 0 Å². The van der Waals surface area contributed by atoms with Crippen LogP contribution in [0, 0.1) is 0 Å². The Bertz CT molecular complexity index is 389. The molecule has 0 aromatic heterocycles. The standard InChI is InChI=1S/C11H12ClNO3/c1-7(14)13-10(11(15)16)6-8-2-4-9(12)5-3-8/h2-5,10H,6H2,1H3,(H,13,14)(H,15,16)/p-1/t10-/m0/s1. The van der Waals surface area contributed by atoms with Crippen LogP contribution in [0.2, 0.25) is 5.02 Å². The summed E-state index contributed by atoms with van der Waals surface area (Å²) >= 11 is 5.70. The van der Waals surface area contributed by atoms with Gasteiger partial charge < -0.3 is 15.2 Å². The SMILES string of the molecule is CC(=O)N[C@@H](Cc1ccc(Cl)cc1)C(=O)[O-]. The lowest BCUT2D eigenvalue weighted by atomic mass is 10.1. The van der Waals surface area contributed by atoms with Crippen LogP contribution < -0.4 is 10.4 Å². The number of hydrogen-bond acceptors (Lipinski definition) is 3. The van der Waals surface area contributed by atoms with Crippen LogP contribution >= 0.6 is 11.6 Å². The van der Waals surface area contributed by atoms with Crippen molar-refractivity contribution < 1.29 is 14.7 Å². The molecule has 1 amide bonds. The molecule has 1 rings (SSSR count). The molecule has 1 aromatic carbocycles. The first-order valence-electron chi connectivity index (χ1n) is 4.71. The third-order valence-electron chi connectivity index (χ3n) is 2.02. The van der Waals surface area contributed by atoms with Gasteiger partial charge in [0.05, 0.1) is 12.0 Å². The van der Waals surface area contributed by atoms with Crippen LogP contribution in [0.1, 0.15) is 12.5 Å². The Balaban J connectivity index is 2.71. The average Bonchev–Trinajstić information content (AvgIpc) is 2.19. The largest absolute Gasteiger partial charge is 0.548 e. The molecule has 0 bridgehead atoms. The molecule has 0 unspecified atom stereocenters. The summed E-state index contributed by atoms with van der Waals surface area (Å²) < 4.78 is 0. The second-order valence-electron chi connectivity index (χ2n) is 3.40. The van der Waals surface area contributed by atoms with Crippen LogP contribution in [-0.4, -0.2) is 17.9 Å². The zero-order chi connectivity index (χ0) is 12.1. The number of aliphatic carboxylic acids is 1. The average molecular weight is 241 g/mol. The fourth-order valence-corrected chi connectivity index (χ4v) is 1.42. The monoisotopic (exact) mass is 240 g/mol. The smallest absolute Gasteiger partial charge is 0.217 e. The molecule has 5 heteroatoms. The Morgan fingerprint density at radius 2 is 1.94 bits per heavy atom. The molecule has 1 atom stereocenters. The summed E-state index contributed by atoms with van der Waals surface area (Å²) in [4.78, 5) is 21.5. The maximum atomic E-state index is 10.8. The van der Waals surface area contributed by atoms with Crippen molar-refractivity contribution in [3.63, 3.8) is 0 Å². The predicted octanol–water partition coefficient (Wildman–Crippen LogP) is 0.137. The number of nitrogens with one attached hydrogen (secondary N) is 1. The van der Waals surface area contributed by atoms with Crippen LogP contribution in [0.15, 0.2) is 24.3 Å². The van der Waals surface area contributed by atoms with Gasteiger partial charge in [-0.3, -0.25) is 4.79 Å². The van der Waals surface area contributed by atoms with Crippen molar-refractivity contribution in [2.45, 2.75) is 19.4 Å². The second kappa shape index (κ2) is 5.51. The lowest BCUT2D eigenvalue weighted by molar-refractivity contribution is -0.308. The fraction of sp³-hybridized carbons (Fsp3) is 0.273. The van der Waals surface area contributed by atoms with Gasteiger partial charge in [-0.05, 0) is 24.1 Å². The molecule has 0 spiro atoms. The van der Waals surface area contributed by atoms with Gasteiger partial charge >= 0.3 is 0 Å². The highest BCUT2D eigenvalue weighted by Crippen LogP contribution is 2.11. The van der Waals surface area contributed by atoms with Crippen molar-refractivity contribution in [2.24, 2.45) is 0 Å². The van der Waals surface area contributed by atoms with Crippen LogP contribution in [0.4, 0.5) is 0 Å². The first-order valence-corrected chi connectivity index (χ1v) is 5.09. The third-order valence-corrected chi connectivity index (χ3v) is 2.27. The van der Waals surface area contributed by atoms with Gasteiger partial charge in [-0.25, -0.2) is 0 Å². The molecule has 86 valence electrons. The Morgan fingerprint density at radius 3 is 2.38 bits per heavy atom. The fourth-order valence-electron chi connectivity index (χ4n) is 1.29. The Kier molecular flexibility index (Phi) is 4.31. The number of carbonyl (C=O) groups excluding carboxylic acids is 2. The van der Waals surface area contributed by atoms with E-state index in [1.807, 2.05) is 0 Å². The summed E-state index contributed by atoms with van der Waals surface area (Å²) in [6.07, 6.45) is 0.180. The predicted molar refractivity (Wildman–Crippen MR) is 57.8 cm³/mol. The number of hydrogen-bond donors (Lipinski definition) is 1. The minimum absolute atomic E-state index is 0.180. The number of carbonyl (C=O) groups is 2. The van der Waals surface area contributed by atoms with E-state index in [1.54, 1.807) is 24.3 Å². The van der Waals surface area contributed by atoms with Gasteiger partial charge in [-0.15, -0.1) is 0 Å². The van der Waals surface area contributed by atoms with Gasteiger partial charge in [0.2, 0.25) is 5.91 Å². The molecular formula is C11H11ClNO3-. The number of carboxylic acid groups (broad SMARTS) is 1. The summed E-state index contributed by atoms with van der Waals surface area (Å²) in [6, 6.07) is 5.73. The van der Waals surface area contributed by atoms with Crippen molar-refractivity contribution >= 4 is 23.5 Å². The number of benzene rings is 1. The quantitative estimate of drug-likeness (QED) is 0.814. The Labute approximate surface area is 98.2 Å². The molecule has 0 radical (unpaired) electrons. The highest BCUT2D eigenvalue weighted by atomic mass is 35.5. The van der Waals surface area contributed by atoms with E-state index in [4.69, 9.17) is 11.6 Å². The first kappa shape index (κ1) is 12.5. The van der Waals surface area contributed by atoms with E-state index in [0.717, 1.165) is 5.56 Å². The van der Waals surface area contributed by atoms with Crippen LogP contribution in [0.3, 0.4) is 0 Å².